The van der Waals surface area contributed by atoms with E-state index in [1.807, 2.05) is 6.92 Å². The van der Waals surface area contributed by atoms with E-state index in [0.717, 1.165) is 15.8 Å². The van der Waals surface area contributed by atoms with Crippen LogP contribution in [-0.2, 0) is 4.12 Å². The zero-order valence-electron chi connectivity index (χ0n) is 8.79. The van der Waals surface area contributed by atoms with Crippen molar-refractivity contribution in [3.63, 3.8) is 0 Å². The van der Waals surface area contributed by atoms with Crippen LogP contribution in [-0.4, -0.2) is 20.2 Å². The van der Waals surface area contributed by atoms with Crippen molar-refractivity contribution >= 4 is 37.0 Å². The molecule has 0 aliphatic carbocycles. The van der Waals surface area contributed by atoms with Crippen LogP contribution in [0.15, 0.2) is 0 Å². The summed E-state index contributed by atoms with van der Waals surface area (Å²) in [6.07, 6.45) is 0. The van der Waals surface area contributed by atoms with Crippen molar-refractivity contribution in [1.82, 2.24) is 0 Å². The van der Waals surface area contributed by atoms with E-state index in [-0.39, 0.29) is 9.76 Å². The van der Waals surface area contributed by atoms with Crippen LogP contribution in [0.2, 0.25) is 5.02 Å². The predicted octanol–water partition coefficient (Wildman–Crippen LogP) is 1.92. The van der Waals surface area contributed by atoms with Crippen LogP contribution in [0.1, 0.15) is 22.3 Å². The molecule has 0 heterocycles. The van der Waals surface area contributed by atoms with Gasteiger partial charge in [-0.3, -0.25) is 0 Å². The first-order valence-electron chi connectivity index (χ1n) is 4.35. The fraction of sp³-hybridized carbons (Fsp3) is 0.400. The molecule has 0 unspecified atom stereocenters. The van der Waals surface area contributed by atoms with Crippen molar-refractivity contribution in [3.05, 3.63) is 27.3 Å². The SMILES string of the molecule is Cc1c(C)c(C)c([Si]O[Si])c(Cl)c1C. The highest BCUT2D eigenvalue weighted by Crippen LogP contribution is 2.22. The third-order valence-corrected chi connectivity index (χ3v) is 4.63. The summed E-state index contributed by atoms with van der Waals surface area (Å²) < 4.78 is 4.99. The van der Waals surface area contributed by atoms with Gasteiger partial charge in [0.2, 0.25) is 10.5 Å². The minimum Gasteiger partial charge on any atom is -0.454 e. The highest BCUT2D eigenvalue weighted by atomic mass is 35.5. The topological polar surface area (TPSA) is 9.23 Å². The molecule has 1 aromatic rings. The molecule has 5 radical (unpaired) electrons. The number of benzene rings is 1. The van der Waals surface area contributed by atoms with E-state index in [9.17, 15) is 0 Å². The second-order valence-corrected chi connectivity index (χ2v) is 5.29. The van der Waals surface area contributed by atoms with Crippen molar-refractivity contribution in [2.24, 2.45) is 0 Å². The van der Waals surface area contributed by atoms with E-state index in [2.05, 4.69) is 31.3 Å². The van der Waals surface area contributed by atoms with Gasteiger partial charge in [0.15, 0.2) is 0 Å². The molecule has 0 spiro atoms. The summed E-state index contributed by atoms with van der Waals surface area (Å²) in [6.45, 7) is 8.35. The van der Waals surface area contributed by atoms with Crippen molar-refractivity contribution in [3.8, 4) is 0 Å². The monoisotopic (exact) mass is 239 g/mol. The highest BCUT2D eigenvalue weighted by molar-refractivity contribution is 6.57. The molecule has 0 aromatic heterocycles. The van der Waals surface area contributed by atoms with Gasteiger partial charge in [-0.2, -0.15) is 0 Å². The molecule has 0 amide bonds. The fourth-order valence-corrected chi connectivity index (χ4v) is 2.86. The lowest BCUT2D eigenvalue weighted by atomic mass is 9.99. The smallest absolute Gasteiger partial charge is 0.258 e. The quantitative estimate of drug-likeness (QED) is 0.717. The van der Waals surface area contributed by atoms with Crippen LogP contribution in [0.4, 0.5) is 0 Å². The molecule has 1 rings (SSSR count). The normalized spacial score (nSPS) is 10.7. The van der Waals surface area contributed by atoms with Crippen LogP contribution in [0, 0.1) is 27.7 Å². The van der Waals surface area contributed by atoms with Gasteiger partial charge in [-0.25, -0.2) is 0 Å². The second kappa shape index (κ2) is 4.62. The molecule has 1 aromatic carbocycles. The Balaban J connectivity index is 3.43. The molecule has 0 saturated heterocycles. The molecular weight excluding hydrogens is 228 g/mol. The third kappa shape index (κ3) is 1.96. The fourth-order valence-electron chi connectivity index (χ4n) is 1.44. The van der Waals surface area contributed by atoms with Crippen LogP contribution in [0.5, 0.6) is 0 Å². The molecule has 0 aliphatic rings. The first kappa shape index (κ1) is 12.0. The summed E-state index contributed by atoms with van der Waals surface area (Å²) in [5, 5.41) is 1.93. The Morgan fingerprint density at radius 1 is 1.00 bits per heavy atom. The van der Waals surface area contributed by atoms with Gasteiger partial charge in [-0.05, 0) is 55.1 Å². The predicted molar refractivity (Wildman–Crippen MR) is 62.6 cm³/mol. The van der Waals surface area contributed by atoms with E-state index in [1.54, 1.807) is 0 Å². The van der Waals surface area contributed by atoms with Crippen molar-refractivity contribution < 1.29 is 4.12 Å². The van der Waals surface area contributed by atoms with Gasteiger partial charge < -0.3 is 4.12 Å². The minimum atomic E-state index is 0.256. The Bertz CT molecular complexity index is 335. The Kier molecular flexibility index (Phi) is 3.95. The molecule has 0 aliphatic heterocycles. The van der Waals surface area contributed by atoms with Gasteiger partial charge in [0, 0.05) is 5.02 Å². The van der Waals surface area contributed by atoms with Crippen LogP contribution in [0.25, 0.3) is 0 Å². The van der Waals surface area contributed by atoms with Crippen molar-refractivity contribution in [2.45, 2.75) is 27.7 Å². The number of halogens is 1. The molecule has 4 heteroatoms. The third-order valence-electron chi connectivity index (χ3n) is 2.76. The van der Waals surface area contributed by atoms with Gasteiger partial charge in [0.25, 0.3) is 9.76 Å². The molecule has 0 N–H and O–H groups in total. The standard InChI is InChI=1S/C10H12ClOSi2/c1-5-6(2)8(4)10(14-12-13)9(11)7(5)3/h1-4H3. The summed E-state index contributed by atoms with van der Waals surface area (Å²) in [6, 6.07) is 0. The molecule has 1 nitrogen and oxygen atoms in total. The Labute approximate surface area is 96.3 Å². The maximum atomic E-state index is 6.26. The van der Waals surface area contributed by atoms with E-state index in [4.69, 9.17) is 15.7 Å². The van der Waals surface area contributed by atoms with Crippen LogP contribution >= 0.6 is 11.6 Å². The van der Waals surface area contributed by atoms with Crippen LogP contribution in [0.3, 0.4) is 0 Å². The van der Waals surface area contributed by atoms with Gasteiger partial charge in [0.05, 0.1) is 0 Å². The average Bonchev–Trinajstić information content (AvgIpc) is 2.19. The number of hydrogen-bond donors (Lipinski definition) is 0. The summed E-state index contributed by atoms with van der Waals surface area (Å²) in [7, 11) is 3.28. The second-order valence-electron chi connectivity index (χ2n) is 3.39. The lowest BCUT2D eigenvalue weighted by Crippen LogP contribution is -2.24. The van der Waals surface area contributed by atoms with Gasteiger partial charge in [0.1, 0.15) is 0 Å². The van der Waals surface area contributed by atoms with Gasteiger partial charge in [-0.1, -0.05) is 11.6 Å². The number of hydrogen-bond acceptors (Lipinski definition) is 1. The van der Waals surface area contributed by atoms with E-state index < -0.39 is 0 Å². The summed E-state index contributed by atoms with van der Waals surface area (Å²) >= 11 is 6.26. The Hall–Kier alpha value is -0.0962. The maximum absolute atomic E-state index is 6.26. The number of rotatable bonds is 2. The van der Waals surface area contributed by atoms with Crippen molar-refractivity contribution in [1.29, 1.82) is 0 Å². The first-order valence-corrected chi connectivity index (χ1v) is 6.04. The molecule has 14 heavy (non-hydrogen) atoms. The highest BCUT2D eigenvalue weighted by Gasteiger charge is 2.13. The zero-order valence-corrected chi connectivity index (χ0v) is 11.5. The largest absolute Gasteiger partial charge is 0.454 e. The van der Waals surface area contributed by atoms with Gasteiger partial charge >= 0.3 is 0 Å². The lowest BCUT2D eigenvalue weighted by molar-refractivity contribution is 0.676. The molecule has 0 atom stereocenters. The summed E-state index contributed by atoms with van der Waals surface area (Å²) in [5.74, 6) is 0. The van der Waals surface area contributed by atoms with Crippen molar-refractivity contribution in [2.75, 3.05) is 0 Å². The lowest BCUT2D eigenvalue weighted by Gasteiger charge is -2.15. The minimum absolute atomic E-state index is 0.256. The Morgan fingerprint density at radius 3 is 2.00 bits per heavy atom. The molecule has 0 fully saturated rings. The maximum Gasteiger partial charge on any atom is 0.258 e. The molecule has 73 valence electrons. The summed E-state index contributed by atoms with van der Waals surface area (Å²) in [4.78, 5) is 0. The summed E-state index contributed by atoms with van der Waals surface area (Å²) in [5.41, 5.74) is 4.96. The first-order chi connectivity index (χ1) is 6.50. The van der Waals surface area contributed by atoms with E-state index >= 15 is 0 Å². The van der Waals surface area contributed by atoms with Crippen LogP contribution < -0.4 is 5.19 Å². The Morgan fingerprint density at radius 2 is 1.50 bits per heavy atom. The molecular formula is C10H12ClOSi2. The molecule has 0 bridgehead atoms. The van der Waals surface area contributed by atoms with E-state index in [1.165, 1.54) is 16.7 Å². The van der Waals surface area contributed by atoms with Gasteiger partial charge in [-0.15, -0.1) is 0 Å². The molecule has 0 saturated carbocycles. The average molecular weight is 240 g/mol. The zero-order chi connectivity index (χ0) is 10.9. The van der Waals surface area contributed by atoms with E-state index in [0.29, 0.717) is 0 Å².